The summed E-state index contributed by atoms with van der Waals surface area (Å²) in [5.41, 5.74) is 0. The van der Waals surface area contributed by atoms with Crippen LogP contribution in [0.4, 0.5) is 0 Å². The Labute approximate surface area is 88.1 Å². The maximum Gasteiger partial charge on any atom is 0.232 e. The molecule has 0 unspecified atom stereocenters. The zero-order valence-electron chi connectivity index (χ0n) is 5.96. The van der Waals surface area contributed by atoms with E-state index in [1.807, 2.05) is 11.4 Å². The predicted octanol–water partition coefficient (Wildman–Crippen LogP) is 2.62. The van der Waals surface area contributed by atoms with E-state index >= 15 is 0 Å². The lowest BCUT2D eigenvalue weighted by Gasteiger charge is -1.92. The van der Waals surface area contributed by atoms with Gasteiger partial charge in [-0.3, -0.25) is 0 Å². The minimum absolute atomic E-state index is 0.00150. The van der Waals surface area contributed by atoms with Crippen molar-refractivity contribution >= 4 is 47.0 Å². The monoisotopic (exact) mass is 288 g/mol. The van der Waals surface area contributed by atoms with E-state index in [0.29, 0.717) is 6.42 Å². The van der Waals surface area contributed by atoms with Crippen molar-refractivity contribution in [2.24, 2.45) is 0 Å². The van der Waals surface area contributed by atoms with E-state index in [-0.39, 0.29) is 5.75 Å². The Bertz CT molecular complexity index is 357. The van der Waals surface area contributed by atoms with Gasteiger partial charge in [-0.15, -0.1) is 11.3 Å². The van der Waals surface area contributed by atoms with Gasteiger partial charge in [-0.1, -0.05) is 0 Å². The van der Waals surface area contributed by atoms with Gasteiger partial charge in [0.25, 0.3) is 0 Å². The summed E-state index contributed by atoms with van der Waals surface area (Å²) in [4.78, 5) is 1.02. The van der Waals surface area contributed by atoms with Crippen molar-refractivity contribution in [2.75, 3.05) is 5.75 Å². The van der Waals surface area contributed by atoms with E-state index in [4.69, 9.17) is 10.7 Å². The van der Waals surface area contributed by atoms with Crippen LogP contribution in [0.1, 0.15) is 4.88 Å². The third kappa shape index (κ3) is 3.89. The minimum atomic E-state index is -3.35. The largest absolute Gasteiger partial charge is 0.232 e. The quantitative estimate of drug-likeness (QED) is 0.802. The van der Waals surface area contributed by atoms with Gasteiger partial charge in [-0.25, -0.2) is 8.42 Å². The standard InChI is InChI=1S/C6H6BrClO2S2/c7-5-3-6(11-4-5)1-2-12(8,9)10/h3-4H,1-2H2. The van der Waals surface area contributed by atoms with Crippen molar-refractivity contribution in [3.63, 3.8) is 0 Å². The lowest BCUT2D eigenvalue weighted by Crippen LogP contribution is -1.99. The summed E-state index contributed by atoms with van der Waals surface area (Å²) < 4.78 is 22.1. The maximum atomic E-state index is 10.6. The SMILES string of the molecule is O=S(=O)(Cl)CCc1cc(Br)cs1. The normalized spacial score (nSPS) is 11.8. The van der Waals surface area contributed by atoms with E-state index in [0.717, 1.165) is 9.35 Å². The molecule has 12 heavy (non-hydrogen) atoms. The Morgan fingerprint density at radius 1 is 1.58 bits per heavy atom. The van der Waals surface area contributed by atoms with Gasteiger partial charge in [0.15, 0.2) is 0 Å². The van der Waals surface area contributed by atoms with Crippen LogP contribution in [0.2, 0.25) is 0 Å². The predicted molar refractivity (Wildman–Crippen MR) is 55.4 cm³/mol. The van der Waals surface area contributed by atoms with Gasteiger partial charge >= 0.3 is 0 Å². The molecule has 2 nitrogen and oxygen atoms in total. The summed E-state index contributed by atoms with van der Waals surface area (Å²) >= 11 is 4.80. The minimum Gasteiger partial charge on any atom is -0.212 e. The summed E-state index contributed by atoms with van der Waals surface area (Å²) in [6, 6.07) is 1.90. The first-order valence-electron chi connectivity index (χ1n) is 3.12. The zero-order chi connectivity index (χ0) is 9.19. The van der Waals surface area contributed by atoms with Gasteiger partial charge in [-0.2, -0.15) is 0 Å². The lowest BCUT2D eigenvalue weighted by atomic mass is 10.4. The Morgan fingerprint density at radius 2 is 2.25 bits per heavy atom. The van der Waals surface area contributed by atoms with E-state index in [2.05, 4.69) is 15.9 Å². The van der Waals surface area contributed by atoms with Gasteiger partial charge in [0.05, 0.1) is 5.75 Å². The maximum absolute atomic E-state index is 10.6. The second kappa shape index (κ2) is 4.09. The number of hydrogen-bond acceptors (Lipinski definition) is 3. The molecule has 0 spiro atoms. The fourth-order valence-electron chi connectivity index (χ4n) is 0.707. The molecule has 1 aromatic heterocycles. The molecule has 1 rings (SSSR count). The fraction of sp³-hybridized carbons (Fsp3) is 0.333. The number of aryl methyl sites for hydroxylation is 1. The van der Waals surface area contributed by atoms with Gasteiger partial charge in [-0.05, 0) is 28.4 Å². The summed E-state index contributed by atoms with van der Waals surface area (Å²) in [6.45, 7) is 0. The first kappa shape index (κ1) is 10.5. The van der Waals surface area contributed by atoms with Crippen molar-refractivity contribution in [3.05, 3.63) is 20.8 Å². The van der Waals surface area contributed by atoms with Crippen LogP contribution in [0.25, 0.3) is 0 Å². The van der Waals surface area contributed by atoms with E-state index in [9.17, 15) is 8.42 Å². The highest BCUT2D eigenvalue weighted by Crippen LogP contribution is 2.20. The number of hydrogen-bond donors (Lipinski definition) is 0. The van der Waals surface area contributed by atoms with Crippen LogP contribution in [0.15, 0.2) is 15.9 Å². The Balaban J connectivity index is 2.55. The van der Waals surface area contributed by atoms with Gasteiger partial charge in [0, 0.05) is 25.4 Å². The highest BCUT2D eigenvalue weighted by molar-refractivity contribution is 9.10. The zero-order valence-corrected chi connectivity index (χ0v) is 9.93. The van der Waals surface area contributed by atoms with Crippen molar-refractivity contribution in [2.45, 2.75) is 6.42 Å². The summed E-state index contributed by atoms with van der Waals surface area (Å²) in [6.07, 6.45) is 0.488. The molecule has 0 aliphatic carbocycles. The molecule has 1 heterocycles. The van der Waals surface area contributed by atoms with Crippen LogP contribution >= 0.6 is 37.9 Å². The van der Waals surface area contributed by atoms with Crippen LogP contribution in [0.3, 0.4) is 0 Å². The van der Waals surface area contributed by atoms with Crippen LogP contribution in [-0.2, 0) is 15.5 Å². The Hall–Kier alpha value is 0.420. The first-order valence-corrected chi connectivity index (χ1v) is 7.28. The smallest absolute Gasteiger partial charge is 0.212 e. The average molecular weight is 290 g/mol. The fourth-order valence-corrected chi connectivity index (χ4v) is 2.99. The molecule has 0 saturated heterocycles. The van der Waals surface area contributed by atoms with Gasteiger partial charge < -0.3 is 0 Å². The van der Waals surface area contributed by atoms with Crippen molar-refractivity contribution in [1.82, 2.24) is 0 Å². The Kier molecular flexibility index (Phi) is 3.58. The molecular weight excluding hydrogens is 284 g/mol. The molecule has 0 atom stereocenters. The Morgan fingerprint density at radius 3 is 2.67 bits per heavy atom. The molecular formula is C6H6BrClO2S2. The van der Waals surface area contributed by atoms with Gasteiger partial charge in [0.1, 0.15) is 0 Å². The average Bonchev–Trinajstić information content (AvgIpc) is 2.30. The third-order valence-corrected chi connectivity index (χ3v) is 4.13. The topological polar surface area (TPSA) is 34.1 Å². The highest BCUT2D eigenvalue weighted by atomic mass is 79.9. The van der Waals surface area contributed by atoms with Crippen molar-refractivity contribution in [1.29, 1.82) is 0 Å². The van der Waals surface area contributed by atoms with E-state index in [1.165, 1.54) is 11.3 Å². The number of rotatable bonds is 3. The molecule has 0 fully saturated rings. The van der Waals surface area contributed by atoms with Crippen LogP contribution in [0.5, 0.6) is 0 Å². The molecule has 0 aromatic carbocycles. The summed E-state index contributed by atoms with van der Waals surface area (Å²) in [7, 11) is 1.71. The van der Waals surface area contributed by atoms with E-state index in [1.54, 1.807) is 0 Å². The van der Waals surface area contributed by atoms with Crippen molar-refractivity contribution < 1.29 is 8.42 Å². The molecule has 0 aliphatic heterocycles. The van der Waals surface area contributed by atoms with Gasteiger partial charge in [0.2, 0.25) is 9.05 Å². The molecule has 0 radical (unpaired) electrons. The second-order valence-electron chi connectivity index (χ2n) is 2.22. The first-order chi connectivity index (χ1) is 5.47. The lowest BCUT2D eigenvalue weighted by molar-refractivity contribution is 0.609. The van der Waals surface area contributed by atoms with Crippen LogP contribution in [-0.4, -0.2) is 14.2 Å². The van der Waals surface area contributed by atoms with Crippen molar-refractivity contribution in [3.8, 4) is 0 Å². The van der Waals surface area contributed by atoms with Crippen LogP contribution in [0, 0.1) is 0 Å². The molecule has 0 N–H and O–H groups in total. The molecule has 1 aromatic rings. The highest BCUT2D eigenvalue weighted by Gasteiger charge is 2.06. The molecule has 6 heteroatoms. The molecule has 0 aliphatic rings. The third-order valence-electron chi connectivity index (χ3n) is 1.21. The molecule has 68 valence electrons. The van der Waals surface area contributed by atoms with E-state index < -0.39 is 9.05 Å². The second-order valence-corrected chi connectivity index (χ2v) is 7.03. The summed E-state index contributed by atoms with van der Waals surface area (Å²) in [5.74, 6) is 0.00150. The number of thiophene rings is 1. The molecule has 0 amide bonds. The summed E-state index contributed by atoms with van der Waals surface area (Å²) in [5, 5.41) is 1.91. The molecule has 0 bridgehead atoms. The molecule has 0 saturated carbocycles. The number of halogens is 2. The van der Waals surface area contributed by atoms with Crippen LogP contribution < -0.4 is 0 Å².